The standard InChI is InChI=1S/C47H69FN6O11S/c1-13-35-47(10,59)33-18-17-32(53-61-23-31-16-15-30(21-50-31)42-51-36(49)24-66-42)22-60-45(8,20-25(3)38(27(33)5)52-37(56)14-2)41(28(6)40(57)46(9,48)44(58)64-35)65-43-39(63-29(7)55)34(54(11)12)19-26(4)62-43/h15-16,21,24-28,33-35,39,41,43,59H,13-14,17-20,22-23,49H2,1-12H3/b52-38?,53-32+/t25-,26-,27-,28+,33-,34+,35-,39-,41-,43+,45-,46+,47+/m1/s1. The second-order valence-electron chi connectivity index (χ2n) is 18.9. The number of fused-ring (bicyclic) bond motifs is 5. The molecule has 3 aliphatic heterocycles. The molecule has 2 bridgehead atoms. The summed E-state index contributed by atoms with van der Waals surface area (Å²) in [6.45, 7) is 15.5. The average Bonchev–Trinajstić information content (AvgIpc) is 3.69. The molecule has 3 fully saturated rings. The minimum atomic E-state index is -3.22. The Morgan fingerprint density at radius 1 is 1.11 bits per heavy atom. The maximum Gasteiger partial charge on any atom is 0.351 e. The number of nitrogens with zero attached hydrogens (tertiary/aromatic N) is 5. The highest BCUT2D eigenvalue weighted by molar-refractivity contribution is 7.13. The van der Waals surface area contributed by atoms with Crippen molar-refractivity contribution in [2.24, 2.45) is 33.8 Å². The van der Waals surface area contributed by atoms with E-state index in [4.69, 9.17) is 34.3 Å². The summed E-state index contributed by atoms with van der Waals surface area (Å²) in [5.74, 6) is -6.65. The number of aliphatic hydroxyl groups is 1. The van der Waals surface area contributed by atoms with Crippen molar-refractivity contribution in [3.8, 4) is 10.6 Å². The van der Waals surface area contributed by atoms with E-state index < -0.39 is 95.0 Å². The van der Waals surface area contributed by atoms with Gasteiger partial charge in [-0.25, -0.2) is 19.2 Å². The van der Waals surface area contributed by atoms with Crippen LogP contribution >= 0.6 is 11.3 Å². The molecule has 1 amide bonds. The molecule has 5 rings (SSSR count). The molecule has 2 aromatic rings. The fourth-order valence-electron chi connectivity index (χ4n) is 9.72. The van der Waals surface area contributed by atoms with Gasteiger partial charge < -0.3 is 44.3 Å². The Labute approximate surface area is 391 Å². The predicted octanol–water partition coefficient (Wildman–Crippen LogP) is 6.29. The highest BCUT2D eigenvalue weighted by Crippen LogP contribution is 2.43. The first-order valence-electron chi connectivity index (χ1n) is 22.8. The van der Waals surface area contributed by atoms with Gasteiger partial charge in [0, 0.05) is 48.0 Å². The van der Waals surface area contributed by atoms with Crippen LogP contribution in [0.5, 0.6) is 0 Å². The molecule has 0 saturated carbocycles. The maximum absolute atomic E-state index is 17.1. The fourth-order valence-corrected chi connectivity index (χ4v) is 10.4. The fraction of sp³-hybridized carbons (Fsp3) is 0.702. The third-order valence-corrected chi connectivity index (χ3v) is 14.2. The normalized spacial score (nSPS) is 36.3. The first-order valence-corrected chi connectivity index (χ1v) is 23.7. The van der Waals surface area contributed by atoms with Gasteiger partial charge in [0.1, 0.15) is 22.5 Å². The van der Waals surface area contributed by atoms with Crippen molar-refractivity contribution >= 4 is 52.2 Å². The van der Waals surface area contributed by atoms with Crippen molar-refractivity contribution in [1.82, 2.24) is 14.9 Å². The molecule has 19 heteroatoms. The minimum absolute atomic E-state index is 0.0203. The van der Waals surface area contributed by atoms with Crippen LogP contribution in [0.25, 0.3) is 10.6 Å². The third-order valence-electron chi connectivity index (χ3n) is 13.3. The molecule has 2 aromatic heterocycles. The number of amides is 1. The van der Waals surface area contributed by atoms with Crippen molar-refractivity contribution in [2.75, 3.05) is 26.4 Å². The lowest BCUT2D eigenvalue weighted by atomic mass is 9.68. The van der Waals surface area contributed by atoms with Gasteiger partial charge in [-0.1, -0.05) is 39.8 Å². The van der Waals surface area contributed by atoms with Crippen LogP contribution in [-0.2, 0) is 54.3 Å². The molecule has 3 saturated heterocycles. The quantitative estimate of drug-likeness (QED) is 0.152. The van der Waals surface area contributed by atoms with Gasteiger partial charge in [-0.15, -0.1) is 11.3 Å². The van der Waals surface area contributed by atoms with Crippen LogP contribution in [-0.4, -0.2) is 129 Å². The number of halogens is 1. The molecular weight excluding hydrogens is 876 g/mol. The highest BCUT2D eigenvalue weighted by atomic mass is 32.1. The molecule has 17 nitrogen and oxygen atoms in total. The minimum Gasteiger partial charge on any atom is -0.457 e. The summed E-state index contributed by atoms with van der Waals surface area (Å²) in [5.41, 5.74) is 1.39. The first kappa shape index (κ1) is 52.7. The van der Waals surface area contributed by atoms with Gasteiger partial charge in [-0.3, -0.25) is 19.4 Å². The zero-order valence-corrected chi connectivity index (χ0v) is 41.2. The van der Waals surface area contributed by atoms with Gasteiger partial charge in [0.05, 0.1) is 41.9 Å². The van der Waals surface area contributed by atoms with E-state index in [0.29, 0.717) is 29.4 Å². The van der Waals surface area contributed by atoms with Crippen molar-refractivity contribution in [3.63, 3.8) is 0 Å². The number of thiazole rings is 1. The number of hydrogen-bond acceptors (Lipinski definition) is 17. The number of nitrogens with two attached hydrogens (primary N) is 1. The van der Waals surface area contributed by atoms with E-state index in [9.17, 15) is 24.3 Å². The molecule has 0 radical (unpaired) electrons. The second-order valence-corrected chi connectivity index (χ2v) is 19.7. The molecule has 0 aromatic carbocycles. The number of rotatable bonds is 10. The number of anilines is 1. The van der Waals surface area contributed by atoms with E-state index in [2.05, 4.69) is 20.1 Å². The van der Waals surface area contributed by atoms with Crippen LogP contribution in [0, 0.1) is 23.7 Å². The van der Waals surface area contributed by atoms with Crippen LogP contribution in [0.1, 0.15) is 113 Å². The summed E-state index contributed by atoms with van der Waals surface area (Å²) in [4.78, 5) is 76.0. The van der Waals surface area contributed by atoms with E-state index in [-0.39, 0.29) is 51.2 Å². The lowest BCUT2D eigenvalue weighted by molar-refractivity contribution is -0.299. The van der Waals surface area contributed by atoms with Crippen molar-refractivity contribution in [1.29, 1.82) is 0 Å². The van der Waals surface area contributed by atoms with Crippen LogP contribution < -0.4 is 5.73 Å². The summed E-state index contributed by atoms with van der Waals surface area (Å²) in [7, 11) is 3.67. The Bertz CT molecular complexity index is 2100. The molecule has 0 spiro atoms. The lowest BCUT2D eigenvalue weighted by Gasteiger charge is -2.48. The van der Waals surface area contributed by atoms with Gasteiger partial charge >= 0.3 is 11.9 Å². The molecule has 13 atom stereocenters. The largest absolute Gasteiger partial charge is 0.457 e. The number of aromatic nitrogens is 2. The zero-order chi connectivity index (χ0) is 48.9. The Morgan fingerprint density at radius 3 is 2.41 bits per heavy atom. The number of nitrogen functional groups attached to an aromatic ring is 1. The SMILES string of the molecule is CCC(=O)N=C1[C@H](C)C[C@@]2(C)OC/C(=N/OCc3ccc(-c4nc(N)cs4)cn3)CC[C@H]([C@H]1C)[C@](C)(O)[C@@H](CC)OC(=O)[C@@](C)(F)C(=O)[C@H](C)[C@H]2O[C@@H]1O[C@H](C)C[C@H](N(C)C)[C@H]1OC(C)=O. The smallest absolute Gasteiger partial charge is 0.351 e. The summed E-state index contributed by atoms with van der Waals surface area (Å²) in [5, 5.41) is 19.7. The number of oxime groups is 1. The highest BCUT2D eigenvalue weighted by Gasteiger charge is 2.57. The number of carbonyl (C=O) groups excluding carboxylic acids is 4. The molecule has 5 heterocycles. The number of alkyl halides is 1. The van der Waals surface area contributed by atoms with E-state index in [1.54, 1.807) is 38.4 Å². The van der Waals surface area contributed by atoms with E-state index in [1.807, 2.05) is 45.8 Å². The second kappa shape index (κ2) is 21.8. The van der Waals surface area contributed by atoms with Gasteiger partial charge in [-0.05, 0) is 97.9 Å². The number of Topliss-reactive ketones (excluding diaryl/α,β-unsaturated/α-hetero) is 1. The molecule has 0 unspecified atom stereocenters. The molecule has 3 N–H and O–H groups in total. The molecule has 66 heavy (non-hydrogen) atoms. The topological polar surface area (TPSA) is 224 Å². The van der Waals surface area contributed by atoms with E-state index >= 15 is 4.39 Å². The van der Waals surface area contributed by atoms with Gasteiger partial charge in [-0.2, -0.15) is 0 Å². The molecular formula is C47H69FN6O11S. The monoisotopic (exact) mass is 944 g/mol. The zero-order valence-electron chi connectivity index (χ0n) is 40.4. The maximum atomic E-state index is 17.1. The van der Waals surface area contributed by atoms with Crippen molar-refractivity contribution in [3.05, 3.63) is 29.4 Å². The summed E-state index contributed by atoms with van der Waals surface area (Å²) in [6, 6.07) is 3.25. The Balaban J connectivity index is 1.69. The number of pyridine rings is 1. The summed E-state index contributed by atoms with van der Waals surface area (Å²) >= 11 is 1.40. The molecule has 366 valence electrons. The Kier molecular flexibility index (Phi) is 17.4. The number of hydrogen-bond donors (Lipinski definition) is 2. The number of aliphatic imine (C=N–C) groups is 1. The number of cyclic esters (lactones) is 1. The predicted molar refractivity (Wildman–Crippen MR) is 246 cm³/mol. The van der Waals surface area contributed by atoms with Crippen molar-refractivity contribution in [2.45, 2.75) is 168 Å². The van der Waals surface area contributed by atoms with Gasteiger partial charge in [0.25, 0.3) is 5.67 Å². The summed E-state index contributed by atoms with van der Waals surface area (Å²) in [6.07, 6.45) is -2.72. The van der Waals surface area contributed by atoms with Crippen molar-refractivity contribution < 1.29 is 57.2 Å². The number of esters is 2. The number of likely N-dealkylation sites (N-methyl/N-ethyl adjacent to an activating group) is 1. The van der Waals surface area contributed by atoms with E-state index in [0.717, 1.165) is 17.5 Å². The van der Waals surface area contributed by atoms with Crippen LogP contribution in [0.15, 0.2) is 33.9 Å². The van der Waals surface area contributed by atoms with Gasteiger partial charge in [0.2, 0.25) is 5.91 Å². The van der Waals surface area contributed by atoms with E-state index in [1.165, 1.54) is 32.1 Å². The van der Waals surface area contributed by atoms with Crippen LogP contribution in [0.3, 0.4) is 0 Å². The van der Waals surface area contributed by atoms with Crippen LogP contribution in [0.2, 0.25) is 0 Å². The van der Waals surface area contributed by atoms with Gasteiger partial charge in [0.15, 0.2) is 24.8 Å². The number of carbonyl (C=O) groups is 4. The first-order chi connectivity index (χ1) is 30.9. The number of ketones is 1. The third kappa shape index (κ3) is 12.1. The summed E-state index contributed by atoms with van der Waals surface area (Å²) < 4.78 is 49.1. The molecule has 3 aliphatic rings. The lowest BCUT2D eigenvalue weighted by Crippen LogP contribution is -2.61. The average molecular weight is 945 g/mol. The number of ether oxygens (including phenoxy) is 5. The molecule has 0 aliphatic carbocycles. The Morgan fingerprint density at radius 2 is 1.82 bits per heavy atom. The Hall–Kier alpha value is -4.27. The van der Waals surface area contributed by atoms with Crippen LogP contribution in [0.4, 0.5) is 10.2 Å².